The molecule has 3 aromatic rings. The first-order valence-corrected chi connectivity index (χ1v) is 11.3. The SMILES string of the molecule is C[C@@H]1CCN(C)c2ccc(-c3cccc(OC[C@@H](O)CO)c3)nc2N1C(=O)Nc1ccncc1F. The number of hydrogen-bond donors (Lipinski definition) is 3. The van der Waals surface area contributed by atoms with E-state index in [1.807, 2.05) is 37.1 Å². The number of ether oxygens (including phenoxy) is 1. The van der Waals surface area contributed by atoms with Crippen molar-refractivity contribution in [3.05, 3.63) is 60.7 Å². The molecular formula is C25H28FN5O4. The summed E-state index contributed by atoms with van der Waals surface area (Å²) in [7, 11) is 1.94. The van der Waals surface area contributed by atoms with Crippen LogP contribution in [0.15, 0.2) is 54.9 Å². The van der Waals surface area contributed by atoms with Gasteiger partial charge in [0.1, 0.15) is 18.5 Å². The van der Waals surface area contributed by atoms with Gasteiger partial charge in [-0.05, 0) is 43.7 Å². The van der Waals surface area contributed by atoms with Crippen LogP contribution in [0.25, 0.3) is 11.3 Å². The maximum absolute atomic E-state index is 14.2. The number of halogens is 1. The molecule has 4 rings (SSSR count). The van der Waals surface area contributed by atoms with Crippen LogP contribution in [0.4, 0.5) is 26.4 Å². The minimum absolute atomic E-state index is 0.0423. The number of anilines is 3. The summed E-state index contributed by atoms with van der Waals surface area (Å²) in [4.78, 5) is 25.5. The second-order valence-electron chi connectivity index (χ2n) is 8.43. The fourth-order valence-electron chi connectivity index (χ4n) is 3.85. The number of urea groups is 1. The smallest absolute Gasteiger partial charge is 0.327 e. The zero-order valence-electron chi connectivity index (χ0n) is 19.6. The van der Waals surface area contributed by atoms with Crippen molar-refractivity contribution in [2.24, 2.45) is 0 Å². The second kappa shape index (κ2) is 10.7. The summed E-state index contributed by atoms with van der Waals surface area (Å²) in [6, 6.07) is 11.7. The Kier molecular flexibility index (Phi) is 7.42. The molecule has 0 saturated carbocycles. The molecule has 0 spiro atoms. The minimum Gasteiger partial charge on any atom is -0.491 e. The Hall–Kier alpha value is -3.76. The summed E-state index contributed by atoms with van der Waals surface area (Å²) in [5.41, 5.74) is 2.19. The van der Waals surface area contributed by atoms with E-state index in [4.69, 9.17) is 14.8 Å². The number of nitrogens with one attached hydrogen (secondary N) is 1. The highest BCUT2D eigenvalue weighted by atomic mass is 19.1. The highest BCUT2D eigenvalue weighted by Gasteiger charge is 2.31. The lowest BCUT2D eigenvalue weighted by Gasteiger charge is -2.28. The summed E-state index contributed by atoms with van der Waals surface area (Å²) in [6.45, 7) is 2.22. The normalized spacial score (nSPS) is 16.3. The number of aliphatic hydroxyl groups is 2. The van der Waals surface area contributed by atoms with Gasteiger partial charge < -0.3 is 25.2 Å². The highest BCUT2D eigenvalue weighted by molar-refractivity contribution is 6.04. The van der Waals surface area contributed by atoms with E-state index in [0.29, 0.717) is 23.7 Å². The lowest BCUT2D eigenvalue weighted by Crippen LogP contribution is -2.42. The molecule has 3 heterocycles. The van der Waals surface area contributed by atoms with E-state index in [1.165, 1.54) is 12.3 Å². The molecule has 35 heavy (non-hydrogen) atoms. The number of carbonyl (C=O) groups excluding carboxylic acids is 1. The van der Waals surface area contributed by atoms with Gasteiger partial charge >= 0.3 is 6.03 Å². The highest BCUT2D eigenvalue weighted by Crippen LogP contribution is 2.35. The molecule has 2 aromatic heterocycles. The fraction of sp³-hybridized carbons (Fsp3) is 0.320. The summed E-state index contributed by atoms with van der Waals surface area (Å²) < 4.78 is 19.7. The number of aliphatic hydroxyl groups excluding tert-OH is 2. The van der Waals surface area contributed by atoms with E-state index in [-0.39, 0.29) is 24.9 Å². The van der Waals surface area contributed by atoms with Crippen molar-refractivity contribution in [2.45, 2.75) is 25.5 Å². The van der Waals surface area contributed by atoms with Crippen molar-refractivity contribution in [1.29, 1.82) is 0 Å². The van der Waals surface area contributed by atoms with Crippen LogP contribution in [-0.4, -0.2) is 65.2 Å². The number of hydrogen-bond acceptors (Lipinski definition) is 7. The van der Waals surface area contributed by atoms with Crippen molar-refractivity contribution >= 4 is 23.2 Å². The number of fused-ring (bicyclic) bond motifs is 1. The quantitative estimate of drug-likeness (QED) is 0.496. The zero-order valence-corrected chi connectivity index (χ0v) is 19.6. The van der Waals surface area contributed by atoms with Crippen LogP contribution in [0.3, 0.4) is 0 Å². The standard InChI is InChI=1S/C25H28FN5O4/c1-16-9-11-30(2)23-7-6-21(17-4-3-5-19(12-17)35-15-18(33)14-32)28-24(23)31(16)25(34)29-22-8-10-27-13-20(22)26/h3-8,10,12-13,16,18,32-33H,9,11,14-15H2,1-2H3,(H,27,29,34)/t16-,18+/m1/s1. The van der Waals surface area contributed by atoms with Gasteiger partial charge in [0.2, 0.25) is 0 Å². The van der Waals surface area contributed by atoms with Crippen molar-refractivity contribution < 1.29 is 24.1 Å². The van der Waals surface area contributed by atoms with E-state index in [1.54, 1.807) is 23.1 Å². The molecule has 3 N–H and O–H groups in total. The maximum Gasteiger partial charge on any atom is 0.327 e. The first kappa shape index (κ1) is 24.4. The predicted molar refractivity (Wildman–Crippen MR) is 131 cm³/mol. The van der Waals surface area contributed by atoms with Crippen molar-refractivity contribution in [3.8, 4) is 17.0 Å². The molecule has 0 radical (unpaired) electrons. The number of rotatable bonds is 6. The van der Waals surface area contributed by atoms with E-state index >= 15 is 0 Å². The molecule has 0 aliphatic carbocycles. The summed E-state index contributed by atoms with van der Waals surface area (Å²) in [5, 5.41) is 21.2. The molecule has 184 valence electrons. The van der Waals surface area contributed by atoms with Crippen molar-refractivity contribution in [1.82, 2.24) is 9.97 Å². The Morgan fingerprint density at radius 1 is 1.31 bits per heavy atom. The largest absolute Gasteiger partial charge is 0.491 e. The van der Waals surface area contributed by atoms with Gasteiger partial charge in [0.15, 0.2) is 11.6 Å². The van der Waals surface area contributed by atoms with Crippen LogP contribution in [-0.2, 0) is 0 Å². The Labute approximate surface area is 202 Å². The summed E-state index contributed by atoms with van der Waals surface area (Å²) >= 11 is 0. The van der Waals surface area contributed by atoms with E-state index in [2.05, 4.69) is 10.3 Å². The van der Waals surface area contributed by atoms with Crippen molar-refractivity contribution in [2.75, 3.05) is 41.9 Å². The predicted octanol–water partition coefficient (Wildman–Crippen LogP) is 3.28. The molecule has 0 saturated heterocycles. The van der Waals surface area contributed by atoms with Crippen LogP contribution < -0.4 is 19.9 Å². The Balaban J connectivity index is 1.68. The van der Waals surface area contributed by atoms with Crippen LogP contribution in [0, 0.1) is 5.82 Å². The van der Waals surface area contributed by atoms with Gasteiger partial charge in [-0.15, -0.1) is 0 Å². The van der Waals surface area contributed by atoms with Gasteiger partial charge in [0.25, 0.3) is 0 Å². The van der Waals surface area contributed by atoms with Gasteiger partial charge in [-0.3, -0.25) is 9.88 Å². The maximum atomic E-state index is 14.2. The van der Waals surface area contributed by atoms with Gasteiger partial charge in [-0.2, -0.15) is 0 Å². The molecule has 1 aliphatic rings. The number of amides is 2. The van der Waals surface area contributed by atoms with Gasteiger partial charge in [-0.25, -0.2) is 14.2 Å². The monoisotopic (exact) mass is 481 g/mol. The third-order valence-corrected chi connectivity index (χ3v) is 5.83. The van der Waals surface area contributed by atoms with Crippen LogP contribution in [0.2, 0.25) is 0 Å². The Bertz CT molecular complexity index is 1190. The Morgan fingerprint density at radius 2 is 2.14 bits per heavy atom. The molecular weight excluding hydrogens is 453 g/mol. The molecule has 9 nitrogen and oxygen atoms in total. The van der Waals surface area contributed by atoms with Gasteiger partial charge in [-0.1, -0.05) is 12.1 Å². The number of nitrogens with zero attached hydrogens (tertiary/aromatic N) is 4. The van der Waals surface area contributed by atoms with E-state index in [0.717, 1.165) is 24.0 Å². The minimum atomic E-state index is -0.974. The summed E-state index contributed by atoms with van der Waals surface area (Å²) in [5.74, 6) is 0.356. The lowest BCUT2D eigenvalue weighted by molar-refractivity contribution is 0.0536. The van der Waals surface area contributed by atoms with Gasteiger partial charge in [0.05, 0.1) is 29.9 Å². The van der Waals surface area contributed by atoms with Crippen molar-refractivity contribution in [3.63, 3.8) is 0 Å². The number of benzene rings is 1. The molecule has 1 aliphatic heterocycles. The average Bonchev–Trinajstić information content (AvgIpc) is 2.99. The molecule has 0 bridgehead atoms. The van der Waals surface area contributed by atoms with Gasteiger partial charge in [0, 0.05) is 31.4 Å². The first-order chi connectivity index (χ1) is 16.9. The zero-order chi connectivity index (χ0) is 24.9. The van der Waals surface area contributed by atoms with E-state index in [9.17, 15) is 14.3 Å². The molecule has 0 unspecified atom stereocenters. The van der Waals surface area contributed by atoms with Crippen LogP contribution >= 0.6 is 0 Å². The molecule has 0 fully saturated rings. The third kappa shape index (κ3) is 5.50. The second-order valence-corrected chi connectivity index (χ2v) is 8.43. The van der Waals surface area contributed by atoms with Crippen LogP contribution in [0.5, 0.6) is 5.75 Å². The third-order valence-electron chi connectivity index (χ3n) is 5.83. The topological polar surface area (TPSA) is 111 Å². The number of carbonyl (C=O) groups is 1. The van der Waals surface area contributed by atoms with E-state index < -0.39 is 18.0 Å². The lowest BCUT2D eigenvalue weighted by atomic mass is 10.1. The average molecular weight is 482 g/mol. The molecule has 2 atom stereocenters. The molecule has 2 amide bonds. The number of pyridine rings is 2. The molecule has 1 aromatic carbocycles. The first-order valence-electron chi connectivity index (χ1n) is 11.3. The summed E-state index contributed by atoms with van der Waals surface area (Å²) in [6.07, 6.45) is 2.19. The Morgan fingerprint density at radius 3 is 2.91 bits per heavy atom. The molecule has 10 heteroatoms. The van der Waals surface area contributed by atoms with Crippen LogP contribution in [0.1, 0.15) is 13.3 Å². The fourth-order valence-corrected chi connectivity index (χ4v) is 3.85. The number of aromatic nitrogens is 2.